The summed E-state index contributed by atoms with van der Waals surface area (Å²) in [6.07, 6.45) is 1.89. The maximum absolute atomic E-state index is 11.7. The van der Waals surface area contributed by atoms with Gasteiger partial charge < -0.3 is 5.73 Å². The Morgan fingerprint density at radius 3 is 2.79 bits per heavy atom. The van der Waals surface area contributed by atoms with Crippen molar-refractivity contribution in [2.75, 3.05) is 18.1 Å². The van der Waals surface area contributed by atoms with Gasteiger partial charge in [0.25, 0.3) is 0 Å². The highest BCUT2D eigenvalue weighted by Gasteiger charge is 2.53. The molecule has 82 valence electrons. The number of hydrogen-bond acceptors (Lipinski definition) is 4. The molecule has 2 N–H and O–H groups in total. The zero-order valence-corrected chi connectivity index (χ0v) is 10.0. The molecule has 14 heavy (non-hydrogen) atoms. The fraction of sp³-hybridized carbons (Fsp3) is 1.00. The second-order valence-electron chi connectivity index (χ2n) is 4.46. The number of nitrogens with two attached hydrogens (primary N) is 1. The van der Waals surface area contributed by atoms with Gasteiger partial charge in [-0.25, -0.2) is 8.42 Å². The molecule has 2 fully saturated rings. The Balaban J connectivity index is 2.27. The number of sulfone groups is 1. The van der Waals surface area contributed by atoms with Crippen molar-refractivity contribution in [3.8, 4) is 0 Å². The Kier molecular flexibility index (Phi) is 2.60. The van der Waals surface area contributed by atoms with Crippen molar-refractivity contribution >= 4 is 21.6 Å². The van der Waals surface area contributed by atoms with Crippen LogP contribution in [-0.2, 0) is 9.84 Å². The molecule has 0 saturated carbocycles. The van der Waals surface area contributed by atoms with Crippen LogP contribution < -0.4 is 5.73 Å². The van der Waals surface area contributed by atoms with Gasteiger partial charge in [-0.1, -0.05) is 0 Å². The fourth-order valence-electron chi connectivity index (χ4n) is 2.66. The first-order valence-electron chi connectivity index (χ1n) is 5.06. The summed E-state index contributed by atoms with van der Waals surface area (Å²) in [5.41, 5.74) is 5.71. The zero-order valence-electron chi connectivity index (χ0n) is 8.40. The van der Waals surface area contributed by atoms with Crippen molar-refractivity contribution in [3.63, 3.8) is 0 Å². The molecule has 2 heterocycles. The summed E-state index contributed by atoms with van der Waals surface area (Å²) >= 11 is 1.83. The molecular formula is C9H17NO2S2. The second-order valence-corrected chi connectivity index (χ2v) is 8.39. The Morgan fingerprint density at radius 1 is 1.57 bits per heavy atom. The average Bonchev–Trinajstić information content (AvgIpc) is 2.55. The lowest BCUT2D eigenvalue weighted by molar-refractivity contribution is 0.416. The molecular weight excluding hydrogens is 218 g/mol. The van der Waals surface area contributed by atoms with Crippen LogP contribution in [0.2, 0.25) is 0 Å². The van der Waals surface area contributed by atoms with E-state index in [1.54, 1.807) is 0 Å². The molecule has 0 aromatic carbocycles. The van der Waals surface area contributed by atoms with Crippen molar-refractivity contribution in [1.82, 2.24) is 0 Å². The van der Waals surface area contributed by atoms with E-state index < -0.39 is 9.84 Å². The smallest absolute Gasteiger partial charge is 0.154 e. The van der Waals surface area contributed by atoms with Crippen LogP contribution in [0.4, 0.5) is 0 Å². The average molecular weight is 235 g/mol. The third-order valence-electron chi connectivity index (χ3n) is 3.58. The van der Waals surface area contributed by atoms with Crippen LogP contribution in [0.1, 0.15) is 19.8 Å². The van der Waals surface area contributed by atoms with Gasteiger partial charge in [-0.05, 0) is 38.0 Å². The molecule has 3 unspecified atom stereocenters. The molecule has 2 saturated heterocycles. The van der Waals surface area contributed by atoms with Crippen LogP contribution >= 0.6 is 11.8 Å². The lowest BCUT2D eigenvalue weighted by Gasteiger charge is -2.27. The summed E-state index contributed by atoms with van der Waals surface area (Å²) in [5.74, 6) is 1.84. The lowest BCUT2D eigenvalue weighted by atomic mass is 9.88. The van der Waals surface area contributed by atoms with Gasteiger partial charge in [-0.15, -0.1) is 0 Å². The number of hydrogen-bond donors (Lipinski definition) is 1. The van der Waals surface area contributed by atoms with Crippen LogP contribution in [0.3, 0.4) is 0 Å². The third-order valence-corrected chi connectivity index (χ3v) is 7.73. The Hall–Kier alpha value is 0.260. The normalized spacial score (nSPS) is 46.1. The third kappa shape index (κ3) is 1.49. The minimum Gasteiger partial charge on any atom is -0.330 e. The molecule has 2 aliphatic rings. The summed E-state index contributed by atoms with van der Waals surface area (Å²) in [7, 11) is -2.84. The van der Waals surface area contributed by atoms with Gasteiger partial charge in [0.15, 0.2) is 9.84 Å². The molecule has 0 aliphatic carbocycles. The maximum Gasteiger partial charge on any atom is 0.154 e. The Labute approximate surface area is 89.7 Å². The predicted molar refractivity (Wildman–Crippen MR) is 60.2 cm³/mol. The molecule has 0 aromatic rings. The predicted octanol–water partition coefficient (Wildman–Crippen LogP) is 0.644. The summed E-state index contributed by atoms with van der Waals surface area (Å²) < 4.78 is 23.4. The molecule has 3 atom stereocenters. The topological polar surface area (TPSA) is 60.2 Å². The minimum atomic E-state index is -2.84. The largest absolute Gasteiger partial charge is 0.330 e. The first kappa shape index (κ1) is 10.8. The standard InChI is InChI=1S/C9H17NO2S2/c1-7-4-9(6-14(7,11)12)8(5-10)2-3-13-9/h7-8H,2-6,10H2,1H3. The molecule has 2 aliphatic heterocycles. The van der Waals surface area contributed by atoms with Crippen molar-refractivity contribution < 1.29 is 8.42 Å². The van der Waals surface area contributed by atoms with Crippen LogP contribution in [0.25, 0.3) is 0 Å². The van der Waals surface area contributed by atoms with E-state index in [0.29, 0.717) is 18.2 Å². The number of thioether (sulfide) groups is 1. The number of rotatable bonds is 1. The van der Waals surface area contributed by atoms with Crippen LogP contribution in [0.5, 0.6) is 0 Å². The minimum absolute atomic E-state index is 0.0347. The maximum atomic E-state index is 11.7. The van der Waals surface area contributed by atoms with Crippen LogP contribution in [0, 0.1) is 5.92 Å². The van der Waals surface area contributed by atoms with Crippen molar-refractivity contribution in [2.24, 2.45) is 11.7 Å². The molecule has 0 radical (unpaired) electrons. The van der Waals surface area contributed by atoms with E-state index in [4.69, 9.17) is 5.73 Å². The molecule has 0 amide bonds. The van der Waals surface area contributed by atoms with E-state index in [1.807, 2.05) is 18.7 Å². The van der Waals surface area contributed by atoms with Crippen LogP contribution in [-0.4, -0.2) is 36.5 Å². The summed E-state index contributed by atoms with van der Waals surface area (Å²) in [4.78, 5) is 0. The quantitative estimate of drug-likeness (QED) is 0.725. The lowest BCUT2D eigenvalue weighted by Crippen LogP contribution is -2.36. The van der Waals surface area contributed by atoms with Gasteiger partial charge in [-0.2, -0.15) is 11.8 Å². The van der Waals surface area contributed by atoms with E-state index in [1.165, 1.54) is 0 Å². The summed E-state index contributed by atoms with van der Waals surface area (Å²) in [5, 5.41) is -0.165. The monoisotopic (exact) mass is 235 g/mol. The molecule has 2 rings (SSSR count). The SMILES string of the molecule is CC1CC2(CS1(=O)=O)SCCC2CN. The van der Waals surface area contributed by atoms with Gasteiger partial charge in [0.2, 0.25) is 0 Å². The molecule has 1 spiro atoms. The molecule has 0 bridgehead atoms. The van der Waals surface area contributed by atoms with E-state index in [9.17, 15) is 8.42 Å². The van der Waals surface area contributed by atoms with Gasteiger partial charge in [0.05, 0.1) is 11.0 Å². The van der Waals surface area contributed by atoms with Crippen molar-refractivity contribution in [1.29, 1.82) is 0 Å². The fourth-order valence-corrected chi connectivity index (χ4v) is 7.09. The zero-order chi connectivity index (χ0) is 10.4. The van der Waals surface area contributed by atoms with E-state index in [0.717, 1.165) is 18.6 Å². The van der Waals surface area contributed by atoms with E-state index in [-0.39, 0.29) is 10.00 Å². The van der Waals surface area contributed by atoms with Crippen molar-refractivity contribution in [2.45, 2.75) is 29.8 Å². The Morgan fingerprint density at radius 2 is 2.29 bits per heavy atom. The first-order valence-corrected chi connectivity index (χ1v) is 7.76. The van der Waals surface area contributed by atoms with Crippen LogP contribution in [0.15, 0.2) is 0 Å². The van der Waals surface area contributed by atoms with Gasteiger partial charge in [0.1, 0.15) is 0 Å². The van der Waals surface area contributed by atoms with Crippen molar-refractivity contribution in [3.05, 3.63) is 0 Å². The summed E-state index contributed by atoms with van der Waals surface area (Å²) in [6, 6.07) is 0. The highest BCUT2D eigenvalue weighted by molar-refractivity contribution is 8.02. The summed E-state index contributed by atoms with van der Waals surface area (Å²) in [6.45, 7) is 2.46. The highest BCUT2D eigenvalue weighted by Crippen LogP contribution is 2.51. The van der Waals surface area contributed by atoms with Gasteiger partial charge >= 0.3 is 0 Å². The molecule has 0 aromatic heterocycles. The highest BCUT2D eigenvalue weighted by atomic mass is 32.2. The van der Waals surface area contributed by atoms with E-state index >= 15 is 0 Å². The van der Waals surface area contributed by atoms with Gasteiger partial charge in [-0.3, -0.25) is 0 Å². The Bertz CT molecular complexity index is 328. The molecule has 3 nitrogen and oxygen atoms in total. The van der Waals surface area contributed by atoms with E-state index in [2.05, 4.69) is 0 Å². The van der Waals surface area contributed by atoms with Gasteiger partial charge in [0, 0.05) is 4.75 Å². The second kappa shape index (κ2) is 3.39. The molecule has 5 heteroatoms. The first-order chi connectivity index (χ1) is 6.50.